The molecule has 1 amide bonds. The van der Waals surface area contributed by atoms with Gasteiger partial charge >= 0.3 is 0 Å². The van der Waals surface area contributed by atoms with Crippen molar-refractivity contribution in [1.82, 2.24) is 20.1 Å². The number of hydrogen-bond donors (Lipinski definition) is 1. The fourth-order valence-electron chi connectivity index (χ4n) is 3.27. The highest BCUT2D eigenvalue weighted by molar-refractivity contribution is 7.98. The number of carbonyl (C=O) groups is 1. The van der Waals surface area contributed by atoms with Crippen LogP contribution in [0.25, 0.3) is 5.69 Å². The SMILES string of the molecule is Cc1ccc(-n2c(CNC(=O)c3ccc(Cl)cc3)nnc2SCc2cccc(C)c2)cc1. The molecule has 1 N–H and O–H groups in total. The van der Waals surface area contributed by atoms with Crippen LogP contribution in [0.2, 0.25) is 5.02 Å². The Hall–Kier alpha value is -3.09. The molecule has 1 heterocycles. The molecule has 0 fully saturated rings. The van der Waals surface area contributed by atoms with Crippen molar-refractivity contribution in [1.29, 1.82) is 0 Å². The minimum absolute atomic E-state index is 0.186. The molecule has 0 aliphatic heterocycles. The Balaban J connectivity index is 1.56. The van der Waals surface area contributed by atoms with E-state index in [9.17, 15) is 4.79 Å². The van der Waals surface area contributed by atoms with Gasteiger partial charge in [-0.15, -0.1) is 10.2 Å². The van der Waals surface area contributed by atoms with Crippen LogP contribution >= 0.6 is 23.4 Å². The monoisotopic (exact) mass is 462 g/mol. The summed E-state index contributed by atoms with van der Waals surface area (Å²) < 4.78 is 2.00. The van der Waals surface area contributed by atoms with Crippen LogP contribution in [-0.4, -0.2) is 20.7 Å². The average molecular weight is 463 g/mol. The Morgan fingerprint density at radius 3 is 2.44 bits per heavy atom. The molecular formula is C25H23ClN4OS. The van der Waals surface area contributed by atoms with E-state index in [-0.39, 0.29) is 12.5 Å². The number of amides is 1. The lowest BCUT2D eigenvalue weighted by Gasteiger charge is -2.12. The van der Waals surface area contributed by atoms with Gasteiger partial charge in [-0.3, -0.25) is 9.36 Å². The Bertz CT molecular complexity index is 1220. The van der Waals surface area contributed by atoms with Gasteiger partial charge in [0.05, 0.1) is 6.54 Å². The first-order chi connectivity index (χ1) is 15.5. The molecule has 162 valence electrons. The topological polar surface area (TPSA) is 59.8 Å². The van der Waals surface area contributed by atoms with Crippen molar-refractivity contribution in [3.05, 3.63) is 106 Å². The fraction of sp³-hybridized carbons (Fsp3) is 0.160. The summed E-state index contributed by atoms with van der Waals surface area (Å²) in [4.78, 5) is 12.6. The summed E-state index contributed by atoms with van der Waals surface area (Å²) in [7, 11) is 0. The van der Waals surface area contributed by atoms with E-state index in [1.807, 2.05) is 16.7 Å². The summed E-state index contributed by atoms with van der Waals surface area (Å²) in [5, 5.41) is 13.1. The highest BCUT2D eigenvalue weighted by Gasteiger charge is 2.16. The number of aryl methyl sites for hydroxylation is 2. The molecule has 0 bridgehead atoms. The van der Waals surface area contributed by atoms with Crippen molar-refractivity contribution in [2.45, 2.75) is 31.3 Å². The second kappa shape index (κ2) is 10.0. The van der Waals surface area contributed by atoms with Crippen LogP contribution in [0.3, 0.4) is 0 Å². The van der Waals surface area contributed by atoms with Gasteiger partial charge in [0, 0.05) is 22.0 Å². The van der Waals surface area contributed by atoms with Crippen molar-refractivity contribution in [3.63, 3.8) is 0 Å². The van der Waals surface area contributed by atoms with Crippen LogP contribution in [0.1, 0.15) is 32.9 Å². The molecule has 0 radical (unpaired) electrons. The Labute approximate surface area is 196 Å². The maximum atomic E-state index is 12.6. The number of nitrogens with one attached hydrogen (secondary N) is 1. The standard InChI is InChI=1S/C25H23ClN4OS/c1-17-6-12-22(13-7-17)30-23(15-27-24(31)20-8-10-21(26)11-9-20)28-29-25(30)32-16-19-5-3-4-18(2)14-19/h3-14H,15-16H2,1-2H3,(H,27,31). The van der Waals surface area contributed by atoms with Gasteiger partial charge in [0.15, 0.2) is 11.0 Å². The Kier molecular flexibility index (Phi) is 6.93. The van der Waals surface area contributed by atoms with Crippen molar-refractivity contribution in [2.24, 2.45) is 0 Å². The Morgan fingerprint density at radius 1 is 0.969 bits per heavy atom. The number of thioether (sulfide) groups is 1. The third-order valence-corrected chi connectivity index (χ3v) is 6.21. The summed E-state index contributed by atoms with van der Waals surface area (Å²) in [6.07, 6.45) is 0. The molecule has 4 aromatic rings. The van der Waals surface area contributed by atoms with Crippen molar-refractivity contribution >= 4 is 29.3 Å². The van der Waals surface area contributed by atoms with Crippen molar-refractivity contribution in [2.75, 3.05) is 0 Å². The van der Waals surface area contributed by atoms with E-state index in [0.717, 1.165) is 16.6 Å². The minimum Gasteiger partial charge on any atom is -0.345 e. The molecule has 0 saturated carbocycles. The lowest BCUT2D eigenvalue weighted by atomic mass is 10.2. The Morgan fingerprint density at radius 2 is 1.72 bits per heavy atom. The number of benzene rings is 3. The summed E-state index contributed by atoms with van der Waals surface area (Å²) in [6, 6.07) is 23.4. The van der Waals surface area contributed by atoms with Crippen molar-refractivity contribution < 1.29 is 4.79 Å². The maximum absolute atomic E-state index is 12.6. The summed E-state index contributed by atoms with van der Waals surface area (Å²) in [5.41, 5.74) is 5.14. The smallest absolute Gasteiger partial charge is 0.251 e. The quantitative estimate of drug-likeness (QED) is 0.355. The van der Waals surface area contributed by atoms with E-state index in [0.29, 0.717) is 16.4 Å². The first kappa shape index (κ1) is 22.1. The molecule has 0 aliphatic carbocycles. The largest absolute Gasteiger partial charge is 0.345 e. The number of carbonyl (C=O) groups excluding carboxylic acids is 1. The fourth-order valence-corrected chi connectivity index (χ4v) is 4.31. The van der Waals surface area contributed by atoms with Gasteiger partial charge in [-0.2, -0.15) is 0 Å². The van der Waals surface area contributed by atoms with Gasteiger partial charge in [0.2, 0.25) is 0 Å². The van der Waals surface area contributed by atoms with E-state index in [1.54, 1.807) is 36.0 Å². The first-order valence-corrected chi connectivity index (χ1v) is 11.6. The summed E-state index contributed by atoms with van der Waals surface area (Å²) in [5.74, 6) is 1.26. The summed E-state index contributed by atoms with van der Waals surface area (Å²) >= 11 is 7.54. The maximum Gasteiger partial charge on any atom is 0.251 e. The molecule has 3 aromatic carbocycles. The van der Waals surface area contributed by atoms with E-state index in [4.69, 9.17) is 11.6 Å². The lowest BCUT2D eigenvalue weighted by Crippen LogP contribution is -2.24. The zero-order chi connectivity index (χ0) is 22.5. The molecule has 5 nitrogen and oxygen atoms in total. The molecule has 4 rings (SSSR count). The van der Waals surface area contributed by atoms with Crippen LogP contribution in [0.4, 0.5) is 0 Å². The highest BCUT2D eigenvalue weighted by Crippen LogP contribution is 2.26. The predicted octanol–water partition coefficient (Wildman–Crippen LogP) is 5.76. The second-order valence-corrected chi connectivity index (χ2v) is 8.92. The predicted molar refractivity (Wildman–Crippen MR) is 129 cm³/mol. The van der Waals surface area contributed by atoms with Crippen LogP contribution in [0.5, 0.6) is 0 Å². The van der Waals surface area contributed by atoms with E-state index < -0.39 is 0 Å². The average Bonchev–Trinajstić information content (AvgIpc) is 3.20. The van der Waals surface area contributed by atoms with Gasteiger partial charge < -0.3 is 5.32 Å². The molecule has 0 unspecified atom stereocenters. The number of hydrogen-bond acceptors (Lipinski definition) is 4. The van der Waals surface area contributed by atoms with Gasteiger partial charge in [0.1, 0.15) is 0 Å². The second-order valence-electron chi connectivity index (χ2n) is 7.54. The van der Waals surface area contributed by atoms with E-state index >= 15 is 0 Å². The lowest BCUT2D eigenvalue weighted by molar-refractivity contribution is 0.0949. The normalized spacial score (nSPS) is 10.8. The molecule has 0 spiro atoms. The van der Waals surface area contributed by atoms with E-state index in [1.165, 1.54) is 16.7 Å². The van der Waals surface area contributed by atoms with Crippen LogP contribution in [-0.2, 0) is 12.3 Å². The zero-order valence-corrected chi connectivity index (χ0v) is 19.5. The van der Waals surface area contributed by atoms with Gasteiger partial charge in [-0.05, 0) is 55.8 Å². The number of halogens is 1. The van der Waals surface area contributed by atoms with Crippen LogP contribution < -0.4 is 5.32 Å². The third kappa shape index (κ3) is 5.39. The molecule has 32 heavy (non-hydrogen) atoms. The first-order valence-electron chi connectivity index (χ1n) is 10.2. The zero-order valence-electron chi connectivity index (χ0n) is 17.9. The van der Waals surface area contributed by atoms with Crippen molar-refractivity contribution in [3.8, 4) is 5.69 Å². The highest BCUT2D eigenvalue weighted by atomic mass is 35.5. The number of aromatic nitrogens is 3. The third-order valence-electron chi connectivity index (χ3n) is 4.96. The van der Waals surface area contributed by atoms with Crippen LogP contribution in [0.15, 0.2) is 78.0 Å². The van der Waals surface area contributed by atoms with Crippen LogP contribution in [0, 0.1) is 13.8 Å². The van der Waals surface area contributed by atoms with Gasteiger partial charge in [-0.1, -0.05) is 70.9 Å². The van der Waals surface area contributed by atoms with Gasteiger partial charge in [0.25, 0.3) is 5.91 Å². The molecule has 1 aromatic heterocycles. The minimum atomic E-state index is -0.186. The summed E-state index contributed by atoms with van der Waals surface area (Å²) in [6.45, 7) is 4.40. The number of rotatable bonds is 7. The molecule has 7 heteroatoms. The van der Waals surface area contributed by atoms with Gasteiger partial charge in [-0.25, -0.2) is 0 Å². The number of nitrogens with zero attached hydrogens (tertiary/aromatic N) is 3. The molecule has 0 aliphatic rings. The molecule has 0 saturated heterocycles. The van der Waals surface area contributed by atoms with E-state index in [2.05, 4.69) is 65.8 Å². The molecular weight excluding hydrogens is 440 g/mol. The molecule has 0 atom stereocenters.